The second-order valence-corrected chi connectivity index (χ2v) is 12.9. The lowest BCUT2D eigenvalue weighted by molar-refractivity contribution is -0.155. The Hall–Kier alpha value is -2.74. The van der Waals surface area contributed by atoms with E-state index in [9.17, 15) is 9.59 Å². The van der Waals surface area contributed by atoms with E-state index in [0.717, 1.165) is 69.5 Å². The van der Waals surface area contributed by atoms with E-state index in [2.05, 4.69) is 36.5 Å². The molecule has 40 heavy (non-hydrogen) atoms. The van der Waals surface area contributed by atoms with Crippen molar-refractivity contribution in [2.24, 2.45) is 44.8 Å². The highest BCUT2D eigenvalue weighted by molar-refractivity contribution is 6.00. The SMILES string of the molecule is CO/N=C1\CC2C3CCC(=O)C3(C)CCC2[C@@]2(COC(C)=O)CC/C(=N\OC3CCNC3)C(c3ccccc3)C12. The van der Waals surface area contributed by atoms with Crippen molar-refractivity contribution in [1.29, 1.82) is 0 Å². The Morgan fingerprint density at radius 2 is 1.88 bits per heavy atom. The molecule has 1 aliphatic heterocycles. The Morgan fingerprint density at radius 1 is 1.05 bits per heavy atom. The van der Waals surface area contributed by atoms with Crippen LogP contribution in [0.25, 0.3) is 0 Å². The van der Waals surface area contributed by atoms with Crippen molar-refractivity contribution in [3.63, 3.8) is 0 Å². The smallest absolute Gasteiger partial charge is 0.302 e. The van der Waals surface area contributed by atoms with Crippen LogP contribution in [0.2, 0.25) is 0 Å². The van der Waals surface area contributed by atoms with Gasteiger partial charge in [0.2, 0.25) is 0 Å². The largest absolute Gasteiger partial charge is 0.465 e. The molecule has 216 valence electrons. The minimum Gasteiger partial charge on any atom is -0.465 e. The van der Waals surface area contributed by atoms with Gasteiger partial charge in [0.25, 0.3) is 0 Å². The fourth-order valence-corrected chi connectivity index (χ4v) is 9.29. The average molecular weight is 550 g/mol. The Labute approximate surface area is 237 Å². The van der Waals surface area contributed by atoms with Crippen LogP contribution >= 0.6 is 0 Å². The fraction of sp³-hybridized carbons (Fsp3) is 0.688. The zero-order chi connectivity index (χ0) is 27.9. The number of ketones is 1. The Balaban J connectivity index is 1.47. The quantitative estimate of drug-likeness (QED) is 0.401. The highest BCUT2D eigenvalue weighted by atomic mass is 16.6. The van der Waals surface area contributed by atoms with Gasteiger partial charge < -0.3 is 19.7 Å². The highest BCUT2D eigenvalue weighted by Crippen LogP contribution is 2.66. The molecule has 0 aromatic heterocycles. The molecule has 8 heteroatoms. The van der Waals surface area contributed by atoms with Crippen LogP contribution in [0, 0.1) is 34.5 Å². The monoisotopic (exact) mass is 549 g/mol. The lowest BCUT2D eigenvalue weighted by Gasteiger charge is -2.61. The van der Waals surface area contributed by atoms with Gasteiger partial charge in [-0.1, -0.05) is 47.6 Å². The number of esters is 1. The summed E-state index contributed by atoms with van der Waals surface area (Å²) >= 11 is 0. The molecule has 0 radical (unpaired) electrons. The highest BCUT2D eigenvalue weighted by Gasteiger charge is 2.65. The van der Waals surface area contributed by atoms with E-state index in [0.29, 0.717) is 36.6 Å². The van der Waals surface area contributed by atoms with Gasteiger partial charge >= 0.3 is 5.97 Å². The van der Waals surface area contributed by atoms with Crippen LogP contribution in [-0.2, 0) is 24.0 Å². The molecule has 7 unspecified atom stereocenters. The molecule has 8 nitrogen and oxygen atoms in total. The first-order chi connectivity index (χ1) is 19.4. The zero-order valence-electron chi connectivity index (χ0n) is 24.1. The molecule has 0 spiro atoms. The first kappa shape index (κ1) is 27.4. The summed E-state index contributed by atoms with van der Waals surface area (Å²) in [5.74, 6) is 0.995. The summed E-state index contributed by atoms with van der Waals surface area (Å²) in [6.07, 6.45) is 6.88. The summed E-state index contributed by atoms with van der Waals surface area (Å²) in [7, 11) is 1.61. The van der Waals surface area contributed by atoms with Gasteiger partial charge in [0.05, 0.1) is 18.0 Å². The minimum atomic E-state index is -0.326. The number of hydrogen-bond acceptors (Lipinski definition) is 8. The standard InChI is InChI=1S/C32H43N3O5/c1-20(36)39-19-32-15-12-26(35-40-22-13-16-33-18-22)29(21-7-5-4-6-8-21)30(32)27(34-38-3)17-23-24-9-10-28(37)31(24,2)14-11-25(23)32/h4-8,22-25,29-30,33H,9-19H2,1-3H3/b34-27+,35-26+/t22?,23?,24?,25?,29?,30?,31?,32-/m0/s1. The molecule has 4 aliphatic carbocycles. The molecular formula is C32H43N3O5. The van der Waals surface area contributed by atoms with Crippen LogP contribution in [0.4, 0.5) is 0 Å². The van der Waals surface area contributed by atoms with Crippen LogP contribution in [0.1, 0.15) is 76.7 Å². The second-order valence-electron chi connectivity index (χ2n) is 12.9. The van der Waals surface area contributed by atoms with Gasteiger partial charge in [-0.05, 0) is 68.4 Å². The third kappa shape index (κ3) is 4.56. The van der Waals surface area contributed by atoms with E-state index in [1.807, 2.05) is 6.07 Å². The van der Waals surface area contributed by atoms with Crippen molar-refractivity contribution >= 4 is 23.2 Å². The lowest BCUT2D eigenvalue weighted by atomic mass is 9.42. The number of Topliss-reactive ketones (excluding diaryl/α,β-unsaturated/α-hetero) is 1. The number of hydrogen-bond donors (Lipinski definition) is 1. The number of ether oxygens (including phenoxy) is 1. The predicted molar refractivity (Wildman–Crippen MR) is 152 cm³/mol. The van der Waals surface area contributed by atoms with Crippen molar-refractivity contribution in [3.8, 4) is 0 Å². The summed E-state index contributed by atoms with van der Waals surface area (Å²) in [6.45, 7) is 5.79. The van der Waals surface area contributed by atoms with Crippen molar-refractivity contribution in [1.82, 2.24) is 5.32 Å². The molecular weight excluding hydrogens is 506 g/mol. The molecule has 5 fully saturated rings. The van der Waals surface area contributed by atoms with E-state index < -0.39 is 0 Å². The number of carbonyl (C=O) groups is 2. The molecule has 1 aromatic rings. The minimum absolute atomic E-state index is 0.0466. The maximum atomic E-state index is 13.1. The third-order valence-corrected chi connectivity index (χ3v) is 11.1. The Bertz CT molecular complexity index is 1180. The number of rotatable bonds is 6. The Kier molecular flexibility index (Phi) is 7.49. The lowest BCUT2D eigenvalue weighted by Crippen LogP contribution is -2.61. The molecule has 6 rings (SSSR count). The normalized spacial score (nSPS) is 40.8. The molecule has 4 saturated carbocycles. The van der Waals surface area contributed by atoms with Gasteiger partial charge in [0, 0.05) is 49.0 Å². The van der Waals surface area contributed by atoms with Crippen molar-refractivity contribution < 1.29 is 24.0 Å². The number of oxime groups is 2. The number of nitrogens with zero attached hydrogens (tertiary/aromatic N) is 2. The molecule has 1 heterocycles. The van der Waals surface area contributed by atoms with Crippen LogP contribution in [-0.4, -0.2) is 56.1 Å². The molecule has 1 saturated heterocycles. The molecule has 1 N–H and O–H groups in total. The van der Waals surface area contributed by atoms with Crippen LogP contribution < -0.4 is 5.32 Å². The molecule has 0 bridgehead atoms. The molecule has 5 aliphatic rings. The van der Waals surface area contributed by atoms with Gasteiger partial charge in [0.15, 0.2) is 0 Å². The van der Waals surface area contributed by atoms with Crippen LogP contribution in [0.15, 0.2) is 40.6 Å². The summed E-state index contributed by atoms with van der Waals surface area (Å²) in [5, 5.41) is 12.9. The van der Waals surface area contributed by atoms with E-state index in [1.165, 1.54) is 12.5 Å². The molecule has 0 amide bonds. The van der Waals surface area contributed by atoms with Gasteiger partial charge in [0.1, 0.15) is 19.0 Å². The van der Waals surface area contributed by atoms with Gasteiger partial charge in [-0.15, -0.1) is 0 Å². The predicted octanol–water partition coefficient (Wildman–Crippen LogP) is 4.88. The fourth-order valence-electron chi connectivity index (χ4n) is 9.29. The number of fused-ring (bicyclic) bond motifs is 5. The number of benzene rings is 1. The van der Waals surface area contributed by atoms with E-state index in [-0.39, 0.29) is 34.7 Å². The third-order valence-electron chi connectivity index (χ3n) is 11.1. The number of carbonyl (C=O) groups excluding carboxylic acids is 2. The van der Waals surface area contributed by atoms with Gasteiger partial charge in [-0.25, -0.2) is 0 Å². The molecule has 8 atom stereocenters. The molecule has 1 aromatic carbocycles. The van der Waals surface area contributed by atoms with Gasteiger partial charge in [-0.2, -0.15) is 0 Å². The van der Waals surface area contributed by atoms with E-state index >= 15 is 0 Å². The maximum Gasteiger partial charge on any atom is 0.302 e. The Morgan fingerprint density at radius 3 is 2.60 bits per heavy atom. The maximum absolute atomic E-state index is 13.1. The average Bonchev–Trinajstić information content (AvgIpc) is 3.59. The van der Waals surface area contributed by atoms with E-state index in [1.54, 1.807) is 7.11 Å². The van der Waals surface area contributed by atoms with Gasteiger partial charge in [-0.3, -0.25) is 9.59 Å². The van der Waals surface area contributed by atoms with Crippen molar-refractivity contribution in [3.05, 3.63) is 35.9 Å². The summed E-state index contributed by atoms with van der Waals surface area (Å²) < 4.78 is 5.95. The van der Waals surface area contributed by atoms with Crippen molar-refractivity contribution in [2.75, 3.05) is 26.8 Å². The van der Waals surface area contributed by atoms with E-state index in [4.69, 9.17) is 24.7 Å². The first-order valence-electron chi connectivity index (χ1n) is 15.1. The first-order valence-corrected chi connectivity index (χ1v) is 15.1. The summed E-state index contributed by atoms with van der Waals surface area (Å²) in [4.78, 5) is 37.0. The topological polar surface area (TPSA) is 98.6 Å². The summed E-state index contributed by atoms with van der Waals surface area (Å²) in [5.41, 5.74) is 2.61. The van der Waals surface area contributed by atoms with Crippen molar-refractivity contribution in [2.45, 2.75) is 77.2 Å². The van der Waals surface area contributed by atoms with Crippen LogP contribution in [0.5, 0.6) is 0 Å². The van der Waals surface area contributed by atoms with Crippen LogP contribution in [0.3, 0.4) is 0 Å². The zero-order valence-corrected chi connectivity index (χ0v) is 24.1. The second kappa shape index (κ2) is 10.9. The number of nitrogens with one attached hydrogen (secondary N) is 1. The summed E-state index contributed by atoms with van der Waals surface area (Å²) in [6, 6.07) is 10.5.